The first-order valence-electron chi connectivity index (χ1n) is 16.6. The average Bonchev–Trinajstić information content (AvgIpc) is 3.75. The Morgan fingerprint density at radius 3 is 2.55 bits per heavy atom. The Labute approximate surface area is 303 Å². The highest BCUT2D eigenvalue weighted by Crippen LogP contribution is 2.33. The van der Waals surface area contributed by atoms with Crippen molar-refractivity contribution in [1.29, 1.82) is 0 Å². The molecule has 1 atom stereocenters. The number of piperidine rings is 1. The van der Waals surface area contributed by atoms with Crippen molar-refractivity contribution in [3.63, 3.8) is 0 Å². The number of rotatable bonds is 13. The molecule has 51 heavy (non-hydrogen) atoms. The number of hydrogen-bond donors (Lipinski definition) is 1. The molecule has 0 aliphatic carbocycles. The molecule has 0 bridgehead atoms. The molecular formula is C37H38Cl2F3N5O4. The molecule has 3 aromatic carbocycles. The summed E-state index contributed by atoms with van der Waals surface area (Å²) in [4.78, 5) is 22.3. The molecular weight excluding hydrogens is 706 g/mol. The van der Waals surface area contributed by atoms with E-state index in [2.05, 4.69) is 25.6 Å². The molecule has 1 aliphatic heterocycles. The minimum Gasteiger partial charge on any atom is -0.497 e. The number of carbonyl (C=O) groups excluding carboxylic acids is 1. The van der Waals surface area contributed by atoms with Crippen LogP contribution in [0.15, 0.2) is 83.5 Å². The number of para-hydroxylation sites is 2. The highest BCUT2D eigenvalue weighted by molar-refractivity contribution is 6.42. The van der Waals surface area contributed by atoms with Gasteiger partial charge in [0.05, 0.1) is 46.6 Å². The number of furan rings is 1. The van der Waals surface area contributed by atoms with Gasteiger partial charge in [0.15, 0.2) is 0 Å². The Balaban J connectivity index is 1.12. The van der Waals surface area contributed by atoms with Gasteiger partial charge < -0.3 is 33.6 Å². The fourth-order valence-corrected chi connectivity index (χ4v) is 6.80. The Morgan fingerprint density at radius 2 is 1.84 bits per heavy atom. The Morgan fingerprint density at radius 1 is 1.06 bits per heavy atom. The SMILES string of the molecule is COc1ccc(OC(F)(F)F)c(C(=O)N(C)CC(CCN2CCC(Nc3nc4ccccc4n3Cc3ccco3)CC2)c2ccc(Cl)c(Cl)c2)c1. The van der Waals surface area contributed by atoms with Crippen LogP contribution in [0.2, 0.25) is 10.0 Å². The quantitative estimate of drug-likeness (QED) is 0.129. The Hall–Kier alpha value is -4.39. The van der Waals surface area contributed by atoms with Crippen LogP contribution in [0.3, 0.4) is 0 Å². The lowest BCUT2D eigenvalue weighted by Gasteiger charge is -2.34. The summed E-state index contributed by atoms with van der Waals surface area (Å²) in [5.41, 5.74) is 2.56. The van der Waals surface area contributed by atoms with Crippen LogP contribution in [0, 0.1) is 0 Å². The number of likely N-dealkylation sites (N-methyl/N-ethyl adjacent to an activating group) is 1. The number of carbonyl (C=O) groups is 1. The number of hydrogen-bond acceptors (Lipinski definition) is 7. The molecule has 1 N–H and O–H groups in total. The zero-order valence-electron chi connectivity index (χ0n) is 28.1. The van der Waals surface area contributed by atoms with Gasteiger partial charge in [0.1, 0.15) is 17.3 Å². The smallest absolute Gasteiger partial charge is 0.497 e. The van der Waals surface area contributed by atoms with Gasteiger partial charge in [0.25, 0.3) is 5.91 Å². The highest BCUT2D eigenvalue weighted by atomic mass is 35.5. The number of imidazole rings is 1. The van der Waals surface area contributed by atoms with Gasteiger partial charge in [-0.2, -0.15) is 0 Å². The summed E-state index contributed by atoms with van der Waals surface area (Å²) in [5.74, 6) is 0.456. The molecule has 1 unspecified atom stereocenters. The molecule has 1 aliphatic rings. The first-order chi connectivity index (χ1) is 24.5. The predicted molar refractivity (Wildman–Crippen MR) is 191 cm³/mol. The molecule has 0 spiro atoms. The van der Waals surface area contributed by atoms with Gasteiger partial charge >= 0.3 is 6.36 Å². The number of aromatic nitrogens is 2. The lowest BCUT2D eigenvalue weighted by atomic mass is 9.94. The first kappa shape index (κ1) is 36.4. The molecule has 6 rings (SSSR count). The van der Waals surface area contributed by atoms with Crippen molar-refractivity contribution in [2.45, 2.75) is 44.1 Å². The van der Waals surface area contributed by atoms with E-state index >= 15 is 0 Å². The molecule has 0 radical (unpaired) electrons. The number of nitrogens with zero attached hydrogens (tertiary/aromatic N) is 4. The number of likely N-dealkylation sites (tertiary alicyclic amines) is 1. The molecule has 270 valence electrons. The van der Waals surface area contributed by atoms with Crippen LogP contribution in [0.5, 0.6) is 11.5 Å². The monoisotopic (exact) mass is 743 g/mol. The van der Waals surface area contributed by atoms with Crippen LogP contribution in [0.1, 0.15) is 46.9 Å². The van der Waals surface area contributed by atoms with Crippen LogP contribution in [-0.4, -0.2) is 78.0 Å². The van der Waals surface area contributed by atoms with Crippen LogP contribution in [-0.2, 0) is 6.54 Å². The van der Waals surface area contributed by atoms with Gasteiger partial charge in [-0.15, -0.1) is 13.2 Å². The number of fused-ring (bicyclic) bond motifs is 1. The van der Waals surface area contributed by atoms with Gasteiger partial charge in [0.2, 0.25) is 5.95 Å². The van der Waals surface area contributed by atoms with E-state index < -0.39 is 18.0 Å². The molecule has 3 heterocycles. The largest absolute Gasteiger partial charge is 0.573 e. The van der Waals surface area contributed by atoms with Crippen LogP contribution >= 0.6 is 23.2 Å². The fraction of sp³-hybridized carbons (Fsp3) is 0.351. The molecule has 5 aromatic rings. The summed E-state index contributed by atoms with van der Waals surface area (Å²) in [6.07, 6.45) is -0.835. The maximum absolute atomic E-state index is 13.6. The minimum atomic E-state index is -4.97. The predicted octanol–water partition coefficient (Wildman–Crippen LogP) is 8.71. The van der Waals surface area contributed by atoms with E-state index in [1.165, 1.54) is 24.1 Å². The Bertz CT molecular complexity index is 1940. The molecule has 9 nitrogen and oxygen atoms in total. The van der Waals surface area contributed by atoms with Crippen molar-refractivity contribution in [3.05, 3.63) is 106 Å². The van der Waals surface area contributed by atoms with Crippen molar-refractivity contribution >= 4 is 46.1 Å². The molecule has 0 saturated carbocycles. The zero-order valence-corrected chi connectivity index (χ0v) is 29.6. The number of methoxy groups -OCH3 is 1. The van der Waals surface area contributed by atoms with Crippen LogP contribution in [0.25, 0.3) is 11.0 Å². The van der Waals surface area contributed by atoms with E-state index in [9.17, 15) is 18.0 Å². The summed E-state index contributed by atoms with van der Waals surface area (Å²) in [7, 11) is 2.93. The van der Waals surface area contributed by atoms with Gasteiger partial charge in [-0.25, -0.2) is 4.98 Å². The maximum Gasteiger partial charge on any atom is 0.573 e. The van der Waals surface area contributed by atoms with Crippen molar-refractivity contribution < 1.29 is 31.9 Å². The van der Waals surface area contributed by atoms with E-state index in [0.717, 1.165) is 66.8 Å². The topological polar surface area (TPSA) is 85.0 Å². The van der Waals surface area contributed by atoms with Gasteiger partial charge in [-0.1, -0.05) is 41.4 Å². The summed E-state index contributed by atoms with van der Waals surface area (Å²) >= 11 is 12.6. The van der Waals surface area contributed by atoms with E-state index in [0.29, 0.717) is 23.0 Å². The Kier molecular flexibility index (Phi) is 11.3. The first-order valence-corrected chi connectivity index (χ1v) is 17.3. The van der Waals surface area contributed by atoms with Crippen LogP contribution in [0.4, 0.5) is 19.1 Å². The second kappa shape index (κ2) is 15.9. The lowest BCUT2D eigenvalue weighted by molar-refractivity contribution is -0.274. The summed E-state index contributed by atoms with van der Waals surface area (Å²) in [5, 5.41) is 4.46. The van der Waals surface area contributed by atoms with E-state index in [-0.39, 0.29) is 29.8 Å². The zero-order chi connectivity index (χ0) is 36.1. The van der Waals surface area contributed by atoms with Gasteiger partial charge in [-0.05, 0) is 86.0 Å². The van der Waals surface area contributed by atoms with Crippen molar-refractivity contribution in [2.24, 2.45) is 0 Å². The van der Waals surface area contributed by atoms with Crippen molar-refractivity contribution in [3.8, 4) is 11.5 Å². The standard InChI is InChI=1S/C37H38Cl2F3N5O4/c1-45(35(48)29-21-27(49-2)10-12-34(29)51-37(40,41)42)22-25(24-9-11-30(38)31(39)20-24)13-16-46-17-14-26(15-18-46)43-36-44-32-7-3-4-8-33(32)47(36)23-28-6-5-19-50-28/h3-12,19-21,25-26H,13-18,22-23H2,1-2H3,(H,43,44). The van der Waals surface area contributed by atoms with Crippen LogP contribution < -0.4 is 14.8 Å². The third kappa shape index (κ3) is 9.10. The third-order valence-corrected chi connectivity index (χ3v) is 9.90. The minimum absolute atomic E-state index is 0.191. The molecule has 14 heteroatoms. The van der Waals surface area contributed by atoms with Gasteiger partial charge in [0, 0.05) is 38.6 Å². The number of benzene rings is 3. The number of amides is 1. The second-order valence-corrected chi connectivity index (χ2v) is 13.4. The third-order valence-electron chi connectivity index (χ3n) is 9.16. The maximum atomic E-state index is 13.6. The van der Waals surface area contributed by atoms with Crippen molar-refractivity contribution in [1.82, 2.24) is 19.4 Å². The lowest BCUT2D eigenvalue weighted by Crippen LogP contribution is -2.40. The fourth-order valence-electron chi connectivity index (χ4n) is 6.49. The second-order valence-electron chi connectivity index (χ2n) is 12.6. The normalized spacial score (nSPS) is 14.8. The van der Waals surface area contributed by atoms with E-state index in [4.69, 9.17) is 37.3 Å². The number of nitrogens with one attached hydrogen (secondary N) is 1. The molecule has 2 aromatic heterocycles. The summed E-state index contributed by atoms with van der Waals surface area (Å²) < 4.78 is 56.7. The van der Waals surface area contributed by atoms with Crippen molar-refractivity contribution in [2.75, 3.05) is 45.7 Å². The number of ether oxygens (including phenoxy) is 2. The number of anilines is 1. The summed E-state index contributed by atoms with van der Waals surface area (Å²) in [6, 6.07) is 21.1. The molecule has 1 fully saturated rings. The number of alkyl halides is 3. The molecule has 1 saturated heterocycles. The van der Waals surface area contributed by atoms with Gasteiger partial charge in [-0.3, -0.25) is 4.79 Å². The summed E-state index contributed by atoms with van der Waals surface area (Å²) in [6.45, 7) is 3.21. The average molecular weight is 745 g/mol. The van der Waals surface area contributed by atoms with E-state index in [1.54, 1.807) is 25.4 Å². The molecule has 1 amide bonds. The number of halogens is 5. The highest BCUT2D eigenvalue weighted by Gasteiger charge is 2.34. The van der Waals surface area contributed by atoms with E-state index in [1.807, 2.05) is 36.4 Å².